The van der Waals surface area contributed by atoms with Gasteiger partial charge in [0.05, 0.1) is 16.1 Å². The van der Waals surface area contributed by atoms with E-state index in [4.69, 9.17) is 0 Å². The van der Waals surface area contributed by atoms with Gasteiger partial charge in [0.15, 0.2) is 0 Å². The number of anilines is 1. The summed E-state index contributed by atoms with van der Waals surface area (Å²) in [6.07, 6.45) is 0.653. The molecule has 26 heavy (non-hydrogen) atoms. The van der Waals surface area contributed by atoms with Crippen LogP contribution in [-0.4, -0.2) is 30.8 Å². The Morgan fingerprint density at radius 2 is 1.81 bits per heavy atom. The summed E-state index contributed by atoms with van der Waals surface area (Å²) in [6.45, 7) is 6.32. The van der Waals surface area contributed by atoms with E-state index < -0.39 is 16.0 Å². The summed E-state index contributed by atoms with van der Waals surface area (Å²) in [6, 6.07) is 11.4. The van der Waals surface area contributed by atoms with E-state index in [1.165, 1.54) is 16.4 Å². The molecule has 0 aliphatic carbocycles. The van der Waals surface area contributed by atoms with Crippen molar-refractivity contribution in [2.75, 3.05) is 10.8 Å². The molecule has 2 aromatic rings. The predicted octanol–water partition coefficient (Wildman–Crippen LogP) is 4.16. The van der Waals surface area contributed by atoms with Crippen LogP contribution in [0.1, 0.15) is 36.2 Å². The van der Waals surface area contributed by atoms with E-state index in [1.807, 2.05) is 6.92 Å². The van der Waals surface area contributed by atoms with Crippen LogP contribution in [-0.2, 0) is 10.0 Å². The van der Waals surface area contributed by atoms with Crippen molar-refractivity contribution in [1.29, 1.82) is 0 Å². The van der Waals surface area contributed by atoms with Crippen molar-refractivity contribution in [3.63, 3.8) is 0 Å². The minimum Gasteiger partial charge on any atom is -0.478 e. The van der Waals surface area contributed by atoms with Crippen LogP contribution in [0.2, 0.25) is 0 Å². The van der Waals surface area contributed by atoms with Crippen LogP contribution in [0.4, 0.5) is 5.69 Å². The maximum Gasteiger partial charge on any atom is 0.335 e. The monoisotopic (exact) mass is 391 g/mol. The zero-order valence-electron chi connectivity index (χ0n) is 14.9. The lowest BCUT2D eigenvalue weighted by atomic mass is 10.1. The number of carboxylic acids is 1. The molecule has 0 fully saturated rings. The third-order valence-electron chi connectivity index (χ3n) is 4.39. The lowest BCUT2D eigenvalue weighted by molar-refractivity contribution is 0.0697. The van der Waals surface area contributed by atoms with Crippen molar-refractivity contribution < 1.29 is 18.3 Å². The minimum absolute atomic E-state index is 0.0770. The predicted molar refractivity (Wildman–Crippen MR) is 104 cm³/mol. The minimum atomic E-state index is -3.78. The molecule has 1 N–H and O–H groups in total. The van der Waals surface area contributed by atoms with Crippen LogP contribution in [0.3, 0.4) is 0 Å². The van der Waals surface area contributed by atoms with E-state index in [0.29, 0.717) is 18.7 Å². The zero-order valence-corrected chi connectivity index (χ0v) is 16.5. The highest BCUT2D eigenvalue weighted by Crippen LogP contribution is 2.45. The SMILES string of the molecule is Cc1ccc(S(=O)(=O)N2CCC(C)(C)Sc3ccc(C(=O)O)cc32)cc1. The van der Waals surface area contributed by atoms with Crippen LogP contribution in [0, 0.1) is 6.92 Å². The van der Waals surface area contributed by atoms with Gasteiger partial charge in [-0.3, -0.25) is 4.31 Å². The van der Waals surface area contributed by atoms with Gasteiger partial charge in [-0.1, -0.05) is 31.5 Å². The highest BCUT2D eigenvalue weighted by Gasteiger charge is 2.34. The molecular weight excluding hydrogens is 370 g/mol. The fourth-order valence-electron chi connectivity index (χ4n) is 2.86. The van der Waals surface area contributed by atoms with Gasteiger partial charge in [-0.2, -0.15) is 0 Å². The van der Waals surface area contributed by atoms with Gasteiger partial charge in [-0.15, -0.1) is 11.8 Å². The van der Waals surface area contributed by atoms with Gasteiger partial charge in [0.1, 0.15) is 0 Å². The second-order valence-electron chi connectivity index (χ2n) is 6.99. The first-order valence-electron chi connectivity index (χ1n) is 8.26. The van der Waals surface area contributed by atoms with Gasteiger partial charge in [0, 0.05) is 16.2 Å². The second-order valence-corrected chi connectivity index (χ2v) is 10.6. The van der Waals surface area contributed by atoms with E-state index in [-0.39, 0.29) is 15.2 Å². The highest BCUT2D eigenvalue weighted by atomic mass is 32.2. The molecule has 1 aliphatic rings. The summed E-state index contributed by atoms with van der Waals surface area (Å²) in [5, 5.41) is 9.32. The first kappa shape index (κ1) is 18.8. The number of aromatic carboxylic acids is 1. The first-order chi connectivity index (χ1) is 12.1. The molecule has 0 radical (unpaired) electrons. The van der Waals surface area contributed by atoms with Crippen LogP contribution < -0.4 is 4.31 Å². The number of nitrogens with zero attached hydrogens (tertiary/aromatic N) is 1. The average Bonchev–Trinajstić information content (AvgIpc) is 2.69. The van der Waals surface area contributed by atoms with Crippen molar-refractivity contribution in [2.24, 2.45) is 0 Å². The Labute approximate surface area is 158 Å². The average molecular weight is 392 g/mol. The summed E-state index contributed by atoms with van der Waals surface area (Å²) in [7, 11) is -3.78. The molecule has 0 atom stereocenters. The zero-order chi connectivity index (χ0) is 19.1. The maximum absolute atomic E-state index is 13.3. The number of fused-ring (bicyclic) bond motifs is 1. The molecule has 1 heterocycles. The lowest BCUT2D eigenvalue weighted by Crippen LogP contribution is -2.33. The Hall–Kier alpha value is -1.99. The second kappa shape index (κ2) is 6.63. The summed E-state index contributed by atoms with van der Waals surface area (Å²) >= 11 is 1.57. The molecule has 0 saturated heterocycles. The number of benzene rings is 2. The Bertz CT molecular complexity index is 950. The molecule has 5 nitrogen and oxygen atoms in total. The Morgan fingerprint density at radius 3 is 2.42 bits per heavy atom. The van der Waals surface area contributed by atoms with Crippen molar-refractivity contribution in [3.8, 4) is 0 Å². The molecule has 0 bridgehead atoms. The number of hydrogen-bond acceptors (Lipinski definition) is 4. The van der Waals surface area contributed by atoms with Crippen LogP contribution in [0.5, 0.6) is 0 Å². The van der Waals surface area contributed by atoms with E-state index >= 15 is 0 Å². The summed E-state index contributed by atoms with van der Waals surface area (Å²) < 4.78 is 27.7. The normalized spacial score (nSPS) is 16.7. The molecule has 0 spiro atoms. The van der Waals surface area contributed by atoms with Gasteiger partial charge in [-0.05, 0) is 43.7 Å². The van der Waals surface area contributed by atoms with Gasteiger partial charge in [0.2, 0.25) is 0 Å². The summed E-state index contributed by atoms with van der Waals surface area (Å²) in [5.74, 6) is -1.08. The van der Waals surface area contributed by atoms with Crippen LogP contribution >= 0.6 is 11.8 Å². The van der Waals surface area contributed by atoms with E-state index in [1.54, 1.807) is 42.1 Å². The smallest absolute Gasteiger partial charge is 0.335 e. The number of thioether (sulfide) groups is 1. The lowest BCUT2D eigenvalue weighted by Gasteiger charge is -2.25. The van der Waals surface area contributed by atoms with Gasteiger partial charge < -0.3 is 5.11 Å². The first-order valence-corrected chi connectivity index (χ1v) is 10.5. The molecule has 0 unspecified atom stereocenters. The number of sulfonamides is 1. The molecule has 0 amide bonds. The van der Waals surface area contributed by atoms with E-state index in [0.717, 1.165) is 10.5 Å². The Kier molecular flexibility index (Phi) is 4.79. The molecule has 7 heteroatoms. The van der Waals surface area contributed by atoms with Gasteiger partial charge in [0.25, 0.3) is 10.0 Å². The fourth-order valence-corrected chi connectivity index (χ4v) is 5.59. The third kappa shape index (κ3) is 3.59. The molecule has 138 valence electrons. The molecule has 2 aromatic carbocycles. The summed E-state index contributed by atoms with van der Waals surface area (Å²) in [5.41, 5.74) is 1.49. The quantitative estimate of drug-likeness (QED) is 0.850. The third-order valence-corrected chi connectivity index (χ3v) is 7.54. The van der Waals surface area contributed by atoms with E-state index in [9.17, 15) is 18.3 Å². The maximum atomic E-state index is 13.3. The van der Waals surface area contributed by atoms with Crippen LogP contribution in [0.25, 0.3) is 0 Å². The van der Waals surface area contributed by atoms with E-state index in [2.05, 4.69) is 13.8 Å². The number of carboxylic acid groups (broad SMARTS) is 1. The number of carbonyl (C=O) groups is 1. The Balaban J connectivity index is 2.17. The molecular formula is C19H21NO4S2. The standard InChI is InChI=1S/C19H21NO4S2/c1-13-4-7-15(8-5-13)26(23,24)20-11-10-19(2,3)25-17-9-6-14(18(21)22)12-16(17)20/h4-9,12H,10-11H2,1-3H3,(H,21,22). The van der Waals surface area contributed by atoms with Crippen molar-refractivity contribution in [2.45, 2.75) is 41.7 Å². The van der Waals surface area contributed by atoms with Crippen molar-refractivity contribution >= 4 is 33.4 Å². The largest absolute Gasteiger partial charge is 0.478 e. The molecule has 3 rings (SSSR count). The molecule has 0 saturated carbocycles. The van der Waals surface area contributed by atoms with Crippen LogP contribution in [0.15, 0.2) is 52.3 Å². The Morgan fingerprint density at radius 1 is 1.15 bits per heavy atom. The van der Waals surface area contributed by atoms with Crippen molar-refractivity contribution in [1.82, 2.24) is 0 Å². The topological polar surface area (TPSA) is 74.7 Å². The molecule has 0 aromatic heterocycles. The van der Waals surface area contributed by atoms with Gasteiger partial charge in [-0.25, -0.2) is 13.2 Å². The number of aryl methyl sites for hydroxylation is 1. The number of hydrogen-bond donors (Lipinski definition) is 1. The fraction of sp³-hybridized carbons (Fsp3) is 0.316. The number of rotatable bonds is 3. The highest BCUT2D eigenvalue weighted by molar-refractivity contribution is 8.01. The summed E-state index contributed by atoms with van der Waals surface area (Å²) in [4.78, 5) is 12.4. The molecule has 1 aliphatic heterocycles. The van der Waals surface area contributed by atoms with Crippen molar-refractivity contribution in [3.05, 3.63) is 53.6 Å². The van der Waals surface area contributed by atoms with Gasteiger partial charge >= 0.3 is 5.97 Å².